The molecular formula is C19H29N2O2+. The number of ether oxygens (including phenoxy) is 1. The molecule has 0 atom stereocenters. The lowest BCUT2D eigenvalue weighted by molar-refractivity contribution is -0.921. The van der Waals surface area contributed by atoms with Crippen LogP contribution in [0.5, 0.6) is 0 Å². The molecule has 1 heterocycles. The Hall–Kier alpha value is -1.39. The summed E-state index contributed by atoms with van der Waals surface area (Å²) in [4.78, 5) is 13.7. The van der Waals surface area contributed by atoms with Gasteiger partial charge in [-0.2, -0.15) is 0 Å². The largest absolute Gasteiger partial charge is 0.370 e. The molecule has 2 aliphatic rings. The minimum atomic E-state index is 0.213. The van der Waals surface area contributed by atoms with Gasteiger partial charge >= 0.3 is 0 Å². The quantitative estimate of drug-likeness (QED) is 0.830. The Kier molecular flexibility index (Phi) is 6.06. The van der Waals surface area contributed by atoms with Crippen molar-refractivity contribution in [2.45, 2.75) is 45.2 Å². The van der Waals surface area contributed by atoms with E-state index in [1.807, 2.05) is 0 Å². The number of benzene rings is 1. The molecule has 23 heavy (non-hydrogen) atoms. The Balaban J connectivity index is 1.51. The highest BCUT2D eigenvalue weighted by Gasteiger charge is 2.19. The highest BCUT2D eigenvalue weighted by Crippen LogP contribution is 2.27. The molecule has 0 spiro atoms. The van der Waals surface area contributed by atoms with E-state index >= 15 is 0 Å². The number of hydrogen-bond donors (Lipinski definition) is 2. The van der Waals surface area contributed by atoms with Crippen molar-refractivity contribution in [2.24, 2.45) is 5.92 Å². The summed E-state index contributed by atoms with van der Waals surface area (Å²) < 4.78 is 5.43. The van der Waals surface area contributed by atoms with Gasteiger partial charge < -0.3 is 15.0 Å². The fraction of sp³-hybridized carbons (Fsp3) is 0.632. The van der Waals surface area contributed by atoms with Crippen molar-refractivity contribution in [1.82, 2.24) is 5.32 Å². The summed E-state index contributed by atoms with van der Waals surface area (Å²) in [7, 11) is 0. The molecule has 1 saturated heterocycles. The monoisotopic (exact) mass is 317 g/mol. The lowest BCUT2D eigenvalue weighted by atomic mass is 10.0. The molecule has 126 valence electrons. The molecular weight excluding hydrogens is 288 g/mol. The standard InChI is InChI=1S/C19H28N2O2/c22-19(13-16-5-1-2-6-16)20-14-17-7-3-4-8-18(17)15-21-9-11-23-12-10-21/h3-4,7-8,16H,1-2,5-6,9-15H2,(H,20,22)/p+1. The second kappa shape index (κ2) is 8.46. The molecule has 1 aliphatic heterocycles. The molecule has 1 aromatic carbocycles. The van der Waals surface area contributed by atoms with Gasteiger partial charge in [0, 0.05) is 18.5 Å². The number of nitrogens with one attached hydrogen (secondary N) is 2. The third-order valence-electron chi connectivity index (χ3n) is 5.18. The predicted octanol–water partition coefficient (Wildman–Crippen LogP) is 1.30. The zero-order chi connectivity index (χ0) is 15.9. The molecule has 0 unspecified atom stereocenters. The molecule has 4 heteroatoms. The van der Waals surface area contributed by atoms with Crippen LogP contribution >= 0.6 is 0 Å². The van der Waals surface area contributed by atoms with Crippen LogP contribution in [0.2, 0.25) is 0 Å². The first-order valence-corrected chi connectivity index (χ1v) is 9.06. The minimum Gasteiger partial charge on any atom is -0.370 e. The molecule has 0 radical (unpaired) electrons. The van der Waals surface area contributed by atoms with E-state index in [2.05, 4.69) is 29.6 Å². The summed E-state index contributed by atoms with van der Waals surface area (Å²) in [5, 5.41) is 3.13. The van der Waals surface area contributed by atoms with E-state index in [-0.39, 0.29) is 5.91 Å². The summed E-state index contributed by atoms with van der Waals surface area (Å²) in [6, 6.07) is 8.50. The Morgan fingerprint density at radius 2 is 1.83 bits per heavy atom. The van der Waals surface area contributed by atoms with E-state index in [4.69, 9.17) is 4.74 Å². The summed E-state index contributed by atoms with van der Waals surface area (Å²) in [6.07, 6.45) is 5.75. The Morgan fingerprint density at radius 3 is 2.57 bits per heavy atom. The van der Waals surface area contributed by atoms with Gasteiger partial charge in [-0.1, -0.05) is 37.1 Å². The van der Waals surface area contributed by atoms with E-state index < -0.39 is 0 Å². The number of carbonyl (C=O) groups is 1. The third kappa shape index (κ3) is 5.05. The SMILES string of the molecule is O=C(CC1CCCC1)NCc1ccccc1C[NH+]1CCOCC1. The third-order valence-corrected chi connectivity index (χ3v) is 5.18. The minimum absolute atomic E-state index is 0.213. The Labute approximate surface area is 139 Å². The summed E-state index contributed by atoms with van der Waals surface area (Å²) in [6.45, 7) is 5.54. The number of amides is 1. The van der Waals surface area contributed by atoms with Gasteiger partial charge in [-0.05, 0) is 24.3 Å². The predicted molar refractivity (Wildman–Crippen MR) is 90.1 cm³/mol. The maximum Gasteiger partial charge on any atom is 0.220 e. The second-order valence-corrected chi connectivity index (χ2v) is 6.94. The summed E-state index contributed by atoms with van der Waals surface area (Å²) in [5.41, 5.74) is 2.61. The van der Waals surface area contributed by atoms with Crippen molar-refractivity contribution in [1.29, 1.82) is 0 Å². The Morgan fingerprint density at radius 1 is 1.13 bits per heavy atom. The van der Waals surface area contributed by atoms with E-state index in [0.29, 0.717) is 18.9 Å². The molecule has 4 nitrogen and oxygen atoms in total. The van der Waals surface area contributed by atoms with Crippen LogP contribution in [-0.2, 0) is 22.6 Å². The number of rotatable bonds is 6. The topological polar surface area (TPSA) is 42.8 Å². The highest BCUT2D eigenvalue weighted by molar-refractivity contribution is 5.76. The number of quaternary nitrogens is 1. The molecule has 0 aromatic heterocycles. The van der Waals surface area contributed by atoms with Gasteiger partial charge in [0.25, 0.3) is 0 Å². The molecule has 1 amide bonds. The zero-order valence-electron chi connectivity index (χ0n) is 14.0. The van der Waals surface area contributed by atoms with Gasteiger partial charge in [0.1, 0.15) is 19.6 Å². The first-order valence-electron chi connectivity index (χ1n) is 9.06. The molecule has 1 aliphatic carbocycles. The van der Waals surface area contributed by atoms with Gasteiger partial charge in [-0.3, -0.25) is 4.79 Å². The number of morpholine rings is 1. The van der Waals surface area contributed by atoms with Gasteiger partial charge in [0.15, 0.2) is 0 Å². The molecule has 2 fully saturated rings. The highest BCUT2D eigenvalue weighted by atomic mass is 16.5. The van der Waals surface area contributed by atoms with Gasteiger partial charge in [-0.15, -0.1) is 0 Å². The van der Waals surface area contributed by atoms with E-state index in [1.165, 1.54) is 36.8 Å². The molecule has 1 saturated carbocycles. The molecule has 1 aromatic rings. The molecule has 2 N–H and O–H groups in total. The zero-order valence-corrected chi connectivity index (χ0v) is 14.0. The van der Waals surface area contributed by atoms with Crippen molar-refractivity contribution in [3.63, 3.8) is 0 Å². The summed E-state index contributed by atoms with van der Waals surface area (Å²) >= 11 is 0. The van der Waals surface area contributed by atoms with Crippen LogP contribution in [0.25, 0.3) is 0 Å². The van der Waals surface area contributed by atoms with Crippen LogP contribution in [0, 0.1) is 5.92 Å². The lowest BCUT2D eigenvalue weighted by Gasteiger charge is -2.24. The smallest absolute Gasteiger partial charge is 0.220 e. The maximum atomic E-state index is 12.1. The number of carbonyl (C=O) groups excluding carboxylic acids is 1. The fourth-order valence-corrected chi connectivity index (χ4v) is 3.75. The van der Waals surface area contributed by atoms with Crippen molar-refractivity contribution in [3.8, 4) is 0 Å². The van der Waals surface area contributed by atoms with Crippen molar-refractivity contribution < 1.29 is 14.4 Å². The van der Waals surface area contributed by atoms with Crippen molar-refractivity contribution >= 4 is 5.91 Å². The Bertz CT molecular complexity index is 506. The molecule has 0 bridgehead atoms. The van der Waals surface area contributed by atoms with Crippen LogP contribution < -0.4 is 10.2 Å². The average molecular weight is 317 g/mol. The first kappa shape index (κ1) is 16.5. The van der Waals surface area contributed by atoms with Gasteiger partial charge in [0.2, 0.25) is 5.91 Å². The average Bonchev–Trinajstić information content (AvgIpc) is 3.08. The van der Waals surface area contributed by atoms with Crippen molar-refractivity contribution in [2.75, 3.05) is 26.3 Å². The van der Waals surface area contributed by atoms with Gasteiger partial charge in [-0.25, -0.2) is 0 Å². The lowest BCUT2D eigenvalue weighted by Crippen LogP contribution is -3.12. The normalized spacial score (nSPS) is 19.8. The first-order chi connectivity index (χ1) is 11.3. The van der Waals surface area contributed by atoms with Crippen LogP contribution in [0.3, 0.4) is 0 Å². The number of hydrogen-bond acceptors (Lipinski definition) is 2. The van der Waals surface area contributed by atoms with E-state index in [0.717, 1.165) is 32.8 Å². The van der Waals surface area contributed by atoms with Crippen LogP contribution in [0.4, 0.5) is 0 Å². The summed E-state index contributed by atoms with van der Waals surface area (Å²) in [5.74, 6) is 0.827. The molecule has 3 rings (SSSR count). The van der Waals surface area contributed by atoms with Crippen LogP contribution in [0.15, 0.2) is 24.3 Å². The fourth-order valence-electron chi connectivity index (χ4n) is 3.75. The second-order valence-electron chi connectivity index (χ2n) is 6.94. The van der Waals surface area contributed by atoms with Crippen LogP contribution in [-0.4, -0.2) is 32.2 Å². The van der Waals surface area contributed by atoms with Crippen molar-refractivity contribution in [3.05, 3.63) is 35.4 Å². The van der Waals surface area contributed by atoms with E-state index in [1.54, 1.807) is 4.90 Å². The van der Waals surface area contributed by atoms with Crippen LogP contribution in [0.1, 0.15) is 43.2 Å². The van der Waals surface area contributed by atoms with Gasteiger partial charge in [0.05, 0.1) is 13.2 Å². The maximum absolute atomic E-state index is 12.1. The van der Waals surface area contributed by atoms with E-state index in [9.17, 15) is 4.79 Å².